The fourth-order valence-electron chi connectivity index (χ4n) is 3.73. The van der Waals surface area contributed by atoms with E-state index in [2.05, 4.69) is 20.9 Å². The first-order valence-corrected chi connectivity index (χ1v) is 11.6. The number of nitrogens with zero attached hydrogens (tertiary/aromatic N) is 2. The molecule has 1 aromatic heterocycles. The SMILES string of the molecule is O=C1C(=O)N(c2nc3ccc(Br)cc3s2)[C@H](c2ccc(Cl)cc2)/C1=C(\O)c1ccccc1. The highest BCUT2D eigenvalue weighted by atomic mass is 79.9. The number of aliphatic hydroxyl groups excluding tert-OH is 1. The van der Waals surface area contributed by atoms with Crippen LogP contribution in [-0.2, 0) is 9.59 Å². The number of aliphatic hydroxyl groups is 1. The van der Waals surface area contributed by atoms with Gasteiger partial charge in [0.25, 0.3) is 5.78 Å². The molecule has 1 atom stereocenters. The molecule has 0 radical (unpaired) electrons. The van der Waals surface area contributed by atoms with E-state index in [1.54, 1.807) is 48.5 Å². The zero-order valence-electron chi connectivity index (χ0n) is 16.3. The average molecular weight is 526 g/mol. The Balaban J connectivity index is 1.73. The molecule has 0 unspecified atom stereocenters. The Morgan fingerprint density at radius 1 is 1.03 bits per heavy atom. The van der Waals surface area contributed by atoms with Gasteiger partial charge in [-0.25, -0.2) is 4.98 Å². The van der Waals surface area contributed by atoms with E-state index in [4.69, 9.17) is 11.6 Å². The van der Waals surface area contributed by atoms with Crippen molar-refractivity contribution in [1.82, 2.24) is 4.98 Å². The lowest BCUT2D eigenvalue weighted by Crippen LogP contribution is -2.29. The normalized spacial score (nSPS) is 17.9. The Kier molecular flexibility index (Phi) is 5.33. The van der Waals surface area contributed by atoms with Crippen molar-refractivity contribution in [1.29, 1.82) is 0 Å². The highest BCUT2D eigenvalue weighted by Gasteiger charge is 2.48. The van der Waals surface area contributed by atoms with Gasteiger partial charge in [0.15, 0.2) is 5.13 Å². The van der Waals surface area contributed by atoms with Crippen LogP contribution >= 0.6 is 38.9 Å². The molecule has 8 heteroatoms. The summed E-state index contributed by atoms with van der Waals surface area (Å²) in [6, 6.07) is 20.4. The second-order valence-electron chi connectivity index (χ2n) is 7.20. The summed E-state index contributed by atoms with van der Waals surface area (Å²) in [6.45, 7) is 0. The number of carbonyl (C=O) groups excluding carboxylic acids is 2. The van der Waals surface area contributed by atoms with E-state index in [1.165, 1.54) is 16.2 Å². The molecule has 1 aliphatic rings. The van der Waals surface area contributed by atoms with Gasteiger partial charge >= 0.3 is 5.91 Å². The molecule has 1 N–H and O–H groups in total. The topological polar surface area (TPSA) is 70.5 Å². The molecule has 4 aromatic rings. The van der Waals surface area contributed by atoms with E-state index < -0.39 is 17.7 Å². The summed E-state index contributed by atoms with van der Waals surface area (Å²) in [5, 5.41) is 12.0. The van der Waals surface area contributed by atoms with E-state index in [-0.39, 0.29) is 11.3 Å². The molecule has 1 fully saturated rings. The van der Waals surface area contributed by atoms with Gasteiger partial charge in [-0.2, -0.15) is 0 Å². The summed E-state index contributed by atoms with van der Waals surface area (Å²) in [6.07, 6.45) is 0. The molecule has 1 aliphatic heterocycles. The van der Waals surface area contributed by atoms with E-state index in [0.29, 0.717) is 26.8 Å². The van der Waals surface area contributed by atoms with Gasteiger partial charge in [-0.05, 0) is 35.9 Å². The number of fused-ring (bicyclic) bond motifs is 1. The molecule has 0 spiro atoms. The van der Waals surface area contributed by atoms with E-state index in [0.717, 1.165) is 9.17 Å². The number of benzene rings is 3. The van der Waals surface area contributed by atoms with Crippen LogP contribution in [0.3, 0.4) is 0 Å². The summed E-state index contributed by atoms with van der Waals surface area (Å²) in [5.74, 6) is -1.72. The van der Waals surface area contributed by atoms with E-state index in [1.807, 2.05) is 24.3 Å². The zero-order valence-corrected chi connectivity index (χ0v) is 19.5. The number of rotatable bonds is 3. The van der Waals surface area contributed by atoms with Gasteiger partial charge < -0.3 is 5.11 Å². The van der Waals surface area contributed by atoms with Gasteiger partial charge in [-0.1, -0.05) is 81.3 Å². The van der Waals surface area contributed by atoms with Gasteiger partial charge in [-0.3, -0.25) is 14.5 Å². The van der Waals surface area contributed by atoms with Crippen molar-refractivity contribution in [3.05, 3.63) is 99.0 Å². The minimum absolute atomic E-state index is 0.0176. The summed E-state index contributed by atoms with van der Waals surface area (Å²) < 4.78 is 1.76. The third-order valence-electron chi connectivity index (χ3n) is 5.22. The van der Waals surface area contributed by atoms with Gasteiger partial charge in [0.2, 0.25) is 0 Å². The number of hydrogen-bond donors (Lipinski definition) is 1. The summed E-state index contributed by atoms with van der Waals surface area (Å²) in [4.78, 5) is 32.3. The van der Waals surface area contributed by atoms with Crippen molar-refractivity contribution in [3.63, 3.8) is 0 Å². The number of anilines is 1. The lowest BCUT2D eigenvalue weighted by Gasteiger charge is -2.23. The molecule has 1 saturated heterocycles. The smallest absolute Gasteiger partial charge is 0.301 e. The van der Waals surface area contributed by atoms with Crippen LogP contribution in [0.25, 0.3) is 16.0 Å². The largest absolute Gasteiger partial charge is 0.507 e. The second-order valence-corrected chi connectivity index (χ2v) is 9.56. The third kappa shape index (κ3) is 3.52. The first-order chi connectivity index (χ1) is 15.4. The Labute approximate surface area is 200 Å². The maximum Gasteiger partial charge on any atom is 0.301 e. The molecule has 0 bridgehead atoms. The maximum absolute atomic E-state index is 13.2. The molecule has 3 aromatic carbocycles. The Morgan fingerprint density at radius 2 is 1.75 bits per heavy atom. The minimum atomic E-state index is -0.837. The van der Waals surface area contributed by atoms with Gasteiger partial charge in [0.1, 0.15) is 5.76 Å². The lowest BCUT2D eigenvalue weighted by molar-refractivity contribution is -0.132. The molecule has 0 saturated carbocycles. The number of carbonyl (C=O) groups is 2. The number of hydrogen-bond acceptors (Lipinski definition) is 5. The molecule has 1 amide bonds. The highest BCUT2D eigenvalue weighted by Crippen LogP contribution is 2.44. The predicted molar refractivity (Wildman–Crippen MR) is 130 cm³/mol. The van der Waals surface area contributed by atoms with Gasteiger partial charge in [0, 0.05) is 15.1 Å². The molecular weight excluding hydrogens is 512 g/mol. The Bertz CT molecular complexity index is 1400. The molecule has 2 heterocycles. The van der Waals surface area contributed by atoms with Crippen LogP contribution in [0, 0.1) is 0 Å². The van der Waals surface area contributed by atoms with Crippen LogP contribution in [0.1, 0.15) is 17.2 Å². The lowest BCUT2D eigenvalue weighted by atomic mass is 9.95. The fraction of sp³-hybridized carbons (Fsp3) is 0.0417. The average Bonchev–Trinajstić information content (AvgIpc) is 3.32. The predicted octanol–water partition coefficient (Wildman–Crippen LogP) is 6.34. The first-order valence-electron chi connectivity index (χ1n) is 9.62. The Hall–Kier alpha value is -3.00. The van der Waals surface area contributed by atoms with Crippen LogP contribution in [-0.4, -0.2) is 21.8 Å². The van der Waals surface area contributed by atoms with Crippen LogP contribution < -0.4 is 4.90 Å². The second kappa shape index (κ2) is 8.16. The summed E-state index contributed by atoms with van der Waals surface area (Å²) >= 11 is 10.8. The third-order valence-corrected chi connectivity index (χ3v) is 6.99. The summed E-state index contributed by atoms with van der Waals surface area (Å²) in [5.41, 5.74) is 1.83. The van der Waals surface area contributed by atoms with Crippen molar-refractivity contribution < 1.29 is 14.7 Å². The molecule has 0 aliphatic carbocycles. The van der Waals surface area contributed by atoms with Crippen molar-refractivity contribution in [2.24, 2.45) is 0 Å². The van der Waals surface area contributed by atoms with Gasteiger partial charge in [-0.15, -0.1) is 0 Å². The van der Waals surface area contributed by atoms with Crippen LogP contribution in [0.5, 0.6) is 0 Å². The molecule has 5 nitrogen and oxygen atoms in total. The van der Waals surface area contributed by atoms with E-state index in [9.17, 15) is 14.7 Å². The van der Waals surface area contributed by atoms with Crippen LogP contribution in [0.4, 0.5) is 5.13 Å². The monoisotopic (exact) mass is 524 g/mol. The maximum atomic E-state index is 13.2. The zero-order chi connectivity index (χ0) is 22.4. The van der Waals surface area contributed by atoms with Crippen molar-refractivity contribution in [3.8, 4) is 0 Å². The summed E-state index contributed by atoms with van der Waals surface area (Å²) in [7, 11) is 0. The Morgan fingerprint density at radius 3 is 2.47 bits per heavy atom. The number of aromatic nitrogens is 1. The van der Waals surface area contributed by atoms with Crippen molar-refractivity contribution in [2.75, 3.05) is 4.90 Å². The highest BCUT2D eigenvalue weighted by molar-refractivity contribution is 9.10. The molecule has 32 heavy (non-hydrogen) atoms. The number of ketones is 1. The van der Waals surface area contributed by atoms with Gasteiger partial charge in [0.05, 0.1) is 21.8 Å². The molecule has 158 valence electrons. The van der Waals surface area contributed by atoms with Crippen molar-refractivity contribution in [2.45, 2.75) is 6.04 Å². The first kappa shape index (κ1) is 20.9. The van der Waals surface area contributed by atoms with Crippen molar-refractivity contribution >= 4 is 71.7 Å². The molecular formula is C24H14BrClN2O3S. The molecule has 5 rings (SSSR count). The number of thiazole rings is 1. The quantitative estimate of drug-likeness (QED) is 0.192. The number of amides is 1. The number of halogens is 2. The van der Waals surface area contributed by atoms with Crippen LogP contribution in [0.2, 0.25) is 5.02 Å². The minimum Gasteiger partial charge on any atom is -0.507 e. The standard InChI is InChI=1S/C24H14BrClN2O3S/c25-15-8-11-17-18(12-15)32-24(27-17)28-20(13-6-9-16(26)10-7-13)19(22(30)23(28)31)21(29)14-4-2-1-3-5-14/h1-12,20,29H/b21-19+/t20-/m1/s1. The fourth-order valence-corrected chi connectivity index (χ4v) is 5.40. The van der Waals surface area contributed by atoms with Crippen LogP contribution in [0.15, 0.2) is 82.8 Å². The number of Topliss-reactive ketones (excluding diaryl/α,β-unsaturated/α-hetero) is 1. The van der Waals surface area contributed by atoms with E-state index >= 15 is 0 Å².